The number of fused-ring (bicyclic) bond motifs is 1. The first-order valence-corrected chi connectivity index (χ1v) is 9.43. The van der Waals surface area contributed by atoms with E-state index >= 15 is 0 Å². The van der Waals surface area contributed by atoms with Gasteiger partial charge in [-0.25, -0.2) is 9.50 Å². The number of rotatable bonds is 2. The minimum atomic E-state index is 0.0309. The topological polar surface area (TPSA) is 59.7 Å². The van der Waals surface area contributed by atoms with E-state index in [1.807, 2.05) is 36.1 Å². The van der Waals surface area contributed by atoms with Gasteiger partial charge < -0.3 is 9.64 Å². The minimum absolute atomic E-state index is 0.0309. The first-order chi connectivity index (χ1) is 13.2. The van der Waals surface area contributed by atoms with Gasteiger partial charge >= 0.3 is 0 Å². The zero-order valence-corrected chi connectivity index (χ0v) is 15.3. The van der Waals surface area contributed by atoms with Crippen LogP contribution in [0, 0.1) is 12.3 Å². The fraction of sp³-hybridized carbons (Fsp3) is 0.381. The van der Waals surface area contributed by atoms with Crippen molar-refractivity contribution in [3.63, 3.8) is 0 Å². The van der Waals surface area contributed by atoms with Crippen molar-refractivity contribution in [3.8, 4) is 0 Å². The van der Waals surface area contributed by atoms with Crippen molar-refractivity contribution >= 4 is 11.6 Å². The van der Waals surface area contributed by atoms with Gasteiger partial charge in [-0.2, -0.15) is 5.10 Å². The fourth-order valence-corrected chi connectivity index (χ4v) is 4.61. The van der Waals surface area contributed by atoms with E-state index in [1.165, 1.54) is 5.56 Å². The van der Waals surface area contributed by atoms with Crippen LogP contribution in [0.25, 0.3) is 5.65 Å². The summed E-state index contributed by atoms with van der Waals surface area (Å²) < 4.78 is 7.27. The molecule has 2 fully saturated rings. The van der Waals surface area contributed by atoms with Crippen molar-refractivity contribution in [2.24, 2.45) is 5.41 Å². The summed E-state index contributed by atoms with van der Waals surface area (Å²) in [4.78, 5) is 20.0. The van der Waals surface area contributed by atoms with Gasteiger partial charge in [0.15, 0.2) is 5.65 Å². The van der Waals surface area contributed by atoms with Gasteiger partial charge in [-0.05, 0) is 25.3 Å². The first kappa shape index (κ1) is 16.4. The van der Waals surface area contributed by atoms with Gasteiger partial charge in [0.05, 0.1) is 23.5 Å². The van der Waals surface area contributed by atoms with Crippen molar-refractivity contribution in [3.05, 3.63) is 65.6 Å². The molecule has 0 bridgehead atoms. The molecule has 0 saturated carbocycles. The lowest BCUT2D eigenvalue weighted by Gasteiger charge is -2.59. The van der Waals surface area contributed by atoms with Gasteiger partial charge in [-0.3, -0.25) is 4.79 Å². The molecule has 0 N–H and O–H groups in total. The van der Waals surface area contributed by atoms with Gasteiger partial charge in [0, 0.05) is 37.4 Å². The highest BCUT2D eigenvalue weighted by atomic mass is 16.5. The summed E-state index contributed by atoms with van der Waals surface area (Å²) in [5.74, 6) is 0.0309. The molecule has 2 aromatic heterocycles. The molecule has 1 spiro atoms. The Bertz CT molecular complexity index is 992. The Morgan fingerprint density at radius 3 is 2.74 bits per heavy atom. The van der Waals surface area contributed by atoms with Crippen molar-refractivity contribution < 1.29 is 9.53 Å². The summed E-state index contributed by atoms with van der Waals surface area (Å²) in [5.41, 5.74) is 3.44. The van der Waals surface area contributed by atoms with E-state index in [9.17, 15) is 4.79 Å². The standard InChI is InChI=1S/C21H22N4O2/c1-15-17(13-25-18(23-15)7-10-22-25)20(26)24-14-21(8-11-27-12-9-21)19(24)16-5-3-2-4-6-16/h2-7,10,13,19H,8-9,11-12,14H2,1H3. The Morgan fingerprint density at radius 2 is 1.96 bits per heavy atom. The van der Waals surface area contributed by atoms with Gasteiger partial charge in [-0.1, -0.05) is 30.3 Å². The van der Waals surface area contributed by atoms with Gasteiger partial charge in [0.25, 0.3) is 5.91 Å². The minimum Gasteiger partial charge on any atom is -0.381 e. The van der Waals surface area contributed by atoms with Crippen LogP contribution in [0.1, 0.15) is 40.5 Å². The van der Waals surface area contributed by atoms with E-state index in [4.69, 9.17) is 4.74 Å². The maximum absolute atomic E-state index is 13.4. The SMILES string of the molecule is Cc1nc2ccnn2cc1C(=O)N1CC2(CCOCC2)C1c1ccccc1. The third-order valence-electron chi connectivity index (χ3n) is 6.04. The molecule has 3 aromatic rings. The Labute approximate surface area is 157 Å². The van der Waals surface area contributed by atoms with Crippen molar-refractivity contribution in [2.75, 3.05) is 19.8 Å². The Morgan fingerprint density at radius 1 is 1.19 bits per heavy atom. The number of carbonyl (C=O) groups excluding carboxylic acids is 1. The highest BCUT2D eigenvalue weighted by Crippen LogP contribution is 2.55. The molecule has 1 atom stereocenters. The fourth-order valence-electron chi connectivity index (χ4n) is 4.61. The smallest absolute Gasteiger partial charge is 0.257 e. The Balaban J connectivity index is 1.53. The molecule has 2 aliphatic heterocycles. The quantitative estimate of drug-likeness (QED) is 0.703. The largest absolute Gasteiger partial charge is 0.381 e. The maximum Gasteiger partial charge on any atom is 0.257 e. The monoisotopic (exact) mass is 362 g/mol. The lowest BCUT2D eigenvalue weighted by molar-refractivity contribution is -0.115. The van der Waals surface area contributed by atoms with Crippen LogP contribution in [0.3, 0.4) is 0 Å². The average molecular weight is 362 g/mol. The molecule has 1 amide bonds. The van der Waals surface area contributed by atoms with Crippen LogP contribution in [-0.4, -0.2) is 45.2 Å². The normalized spacial score (nSPS) is 21.4. The van der Waals surface area contributed by atoms with E-state index in [2.05, 4.69) is 22.2 Å². The molecule has 2 aliphatic rings. The number of aromatic nitrogens is 3. The third kappa shape index (κ3) is 2.55. The highest BCUT2D eigenvalue weighted by molar-refractivity contribution is 5.96. The molecule has 27 heavy (non-hydrogen) atoms. The number of carbonyl (C=O) groups is 1. The predicted octanol–water partition coefficient (Wildman–Crippen LogP) is 3.03. The summed E-state index contributed by atoms with van der Waals surface area (Å²) in [6.45, 7) is 4.20. The number of aryl methyl sites for hydroxylation is 1. The average Bonchev–Trinajstić information content (AvgIpc) is 3.14. The van der Waals surface area contributed by atoms with Crippen LogP contribution in [0.2, 0.25) is 0 Å². The lowest BCUT2D eigenvalue weighted by Crippen LogP contribution is -2.62. The van der Waals surface area contributed by atoms with Gasteiger partial charge in [0.2, 0.25) is 0 Å². The third-order valence-corrected chi connectivity index (χ3v) is 6.04. The van der Waals surface area contributed by atoms with Crippen LogP contribution in [0.4, 0.5) is 0 Å². The first-order valence-electron chi connectivity index (χ1n) is 9.43. The highest BCUT2D eigenvalue weighted by Gasteiger charge is 2.55. The predicted molar refractivity (Wildman–Crippen MR) is 100 cm³/mol. The van der Waals surface area contributed by atoms with Gasteiger partial charge in [0.1, 0.15) is 0 Å². The molecule has 0 aliphatic carbocycles. The molecule has 138 valence electrons. The second kappa shape index (κ2) is 6.16. The van der Waals surface area contributed by atoms with Crippen LogP contribution in [0.5, 0.6) is 0 Å². The molecule has 6 nitrogen and oxygen atoms in total. The van der Waals surface area contributed by atoms with Crippen molar-refractivity contribution in [1.82, 2.24) is 19.5 Å². The molecule has 4 heterocycles. The second-order valence-corrected chi connectivity index (χ2v) is 7.59. The molecular weight excluding hydrogens is 340 g/mol. The summed E-state index contributed by atoms with van der Waals surface area (Å²) in [6, 6.07) is 12.3. The second-order valence-electron chi connectivity index (χ2n) is 7.59. The number of hydrogen-bond acceptors (Lipinski definition) is 4. The van der Waals surface area contributed by atoms with Crippen molar-refractivity contribution in [1.29, 1.82) is 0 Å². The summed E-state index contributed by atoms with van der Waals surface area (Å²) >= 11 is 0. The molecule has 2 saturated heterocycles. The zero-order chi connectivity index (χ0) is 18.4. The molecular formula is C21H22N4O2. The lowest BCUT2D eigenvalue weighted by atomic mass is 9.64. The molecule has 5 rings (SSSR count). The molecule has 6 heteroatoms. The number of nitrogens with zero attached hydrogens (tertiary/aromatic N) is 4. The zero-order valence-electron chi connectivity index (χ0n) is 15.3. The molecule has 1 unspecified atom stereocenters. The van der Waals surface area contributed by atoms with Crippen LogP contribution in [0.15, 0.2) is 48.8 Å². The summed E-state index contributed by atoms with van der Waals surface area (Å²) in [7, 11) is 0. The Kier molecular flexibility index (Phi) is 3.75. The number of likely N-dealkylation sites (tertiary alicyclic amines) is 1. The van der Waals surface area contributed by atoms with E-state index in [0.29, 0.717) is 5.56 Å². The van der Waals surface area contributed by atoms with E-state index in [-0.39, 0.29) is 17.4 Å². The van der Waals surface area contributed by atoms with E-state index < -0.39 is 0 Å². The number of hydrogen-bond donors (Lipinski definition) is 0. The molecule has 0 radical (unpaired) electrons. The van der Waals surface area contributed by atoms with Crippen LogP contribution < -0.4 is 0 Å². The van der Waals surface area contributed by atoms with E-state index in [1.54, 1.807) is 16.9 Å². The van der Waals surface area contributed by atoms with E-state index in [0.717, 1.165) is 43.9 Å². The maximum atomic E-state index is 13.4. The van der Waals surface area contributed by atoms with Crippen LogP contribution in [-0.2, 0) is 4.74 Å². The Hall–Kier alpha value is -2.73. The van der Waals surface area contributed by atoms with Gasteiger partial charge in [-0.15, -0.1) is 0 Å². The number of amides is 1. The molecule has 1 aromatic carbocycles. The van der Waals surface area contributed by atoms with Crippen LogP contribution >= 0.6 is 0 Å². The van der Waals surface area contributed by atoms with Crippen molar-refractivity contribution in [2.45, 2.75) is 25.8 Å². The number of benzene rings is 1. The summed E-state index contributed by atoms with van der Waals surface area (Å²) in [6.07, 6.45) is 5.48. The summed E-state index contributed by atoms with van der Waals surface area (Å²) in [5, 5.41) is 4.23. The number of ether oxygens (including phenoxy) is 1.